The van der Waals surface area contributed by atoms with Crippen molar-refractivity contribution >= 4 is 56.4 Å². The summed E-state index contributed by atoms with van der Waals surface area (Å²) in [6.45, 7) is 0.309. The number of nitrogens with zero attached hydrogens (tertiary/aromatic N) is 1. The van der Waals surface area contributed by atoms with E-state index in [-0.39, 0.29) is 37.8 Å². The number of carbonyl (C=O) groups is 2. The summed E-state index contributed by atoms with van der Waals surface area (Å²) in [5.41, 5.74) is 0.607. The Bertz CT molecular complexity index is 1300. The molecule has 0 saturated heterocycles. The van der Waals surface area contributed by atoms with Gasteiger partial charge in [-0.05, 0) is 48.9 Å². The van der Waals surface area contributed by atoms with Crippen LogP contribution in [0, 0.1) is 0 Å². The predicted octanol–water partition coefficient (Wildman–Crippen LogP) is 4.59. The van der Waals surface area contributed by atoms with Gasteiger partial charge in [-0.25, -0.2) is 8.42 Å². The Morgan fingerprint density at radius 2 is 1.58 bits per heavy atom. The predicted molar refractivity (Wildman–Crippen MR) is 141 cm³/mol. The number of anilines is 2. The van der Waals surface area contributed by atoms with Gasteiger partial charge in [0.1, 0.15) is 6.54 Å². The summed E-state index contributed by atoms with van der Waals surface area (Å²) in [4.78, 5) is 25.7. The molecule has 3 aromatic carbocycles. The van der Waals surface area contributed by atoms with Crippen molar-refractivity contribution in [2.24, 2.45) is 0 Å². The zero-order chi connectivity index (χ0) is 26.1. The number of benzene rings is 3. The first-order valence-electron chi connectivity index (χ1n) is 10.9. The van der Waals surface area contributed by atoms with Gasteiger partial charge in [0, 0.05) is 30.3 Å². The van der Waals surface area contributed by atoms with Crippen molar-refractivity contribution < 1.29 is 22.7 Å². The zero-order valence-corrected chi connectivity index (χ0v) is 21.7. The molecule has 0 radical (unpaired) electrons. The maximum Gasteiger partial charge on any atom is 0.264 e. The molecule has 0 aliphatic rings. The third-order valence-electron chi connectivity index (χ3n) is 5.01. The lowest BCUT2D eigenvalue weighted by Crippen LogP contribution is -2.38. The molecule has 0 heterocycles. The summed E-state index contributed by atoms with van der Waals surface area (Å²) in [7, 11) is -2.58. The van der Waals surface area contributed by atoms with Crippen molar-refractivity contribution in [3.63, 3.8) is 0 Å². The molecule has 3 aromatic rings. The van der Waals surface area contributed by atoms with Gasteiger partial charge in [-0.3, -0.25) is 13.9 Å². The van der Waals surface area contributed by atoms with Crippen LogP contribution in [0.4, 0.5) is 11.4 Å². The Hall–Kier alpha value is -3.11. The van der Waals surface area contributed by atoms with Crippen molar-refractivity contribution in [1.29, 1.82) is 0 Å². The van der Waals surface area contributed by atoms with Crippen molar-refractivity contribution in [2.75, 3.05) is 36.4 Å². The van der Waals surface area contributed by atoms with E-state index in [0.717, 1.165) is 4.31 Å². The molecular formula is C25H25Cl2N3O5S. The minimum absolute atomic E-state index is 0.00950. The molecule has 0 unspecified atom stereocenters. The van der Waals surface area contributed by atoms with Crippen LogP contribution in [0.5, 0.6) is 0 Å². The number of methoxy groups -OCH3 is 1. The number of hydrogen-bond acceptors (Lipinski definition) is 5. The topological polar surface area (TPSA) is 105 Å². The monoisotopic (exact) mass is 549 g/mol. The van der Waals surface area contributed by atoms with Crippen molar-refractivity contribution in [3.05, 3.63) is 88.4 Å². The molecule has 190 valence electrons. The number of amides is 2. The molecule has 0 aliphatic carbocycles. The number of sulfonamides is 1. The van der Waals surface area contributed by atoms with Gasteiger partial charge >= 0.3 is 0 Å². The van der Waals surface area contributed by atoms with Crippen LogP contribution >= 0.6 is 23.2 Å². The molecular weight excluding hydrogens is 525 g/mol. The van der Waals surface area contributed by atoms with E-state index in [1.54, 1.807) is 49.6 Å². The average molecular weight is 550 g/mol. The van der Waals surface area contributed by atoms with E-state index in [0.29, 0.717) is 19.6 Å². The van der Waals surface area contributed by atoms with Crippen LogP contribution in [0.25, 0.3) is 0 Å². The second-order valence-electron chi connectivity index (χ2n) is 7.65. The van der Waals surface area contributed by atoms with Gasteiger partial charge in [0.05, 0.1) is 21.8 Å². The lowest BCUT2D eigenvalue weighted by molar-refractivity contribution is -0.114. The molecule has 0 atom stereocenters. The van der Waals surface area contributed by atoms with Crippen molar-refractivity contribution in [2.45, 2.75) is 11.3 Å². The van der Waals surface area contributed by atoms with Crippen molar-refractivity contribution in [3.8, 4) is 0 Å². The lowest BCUT2D eigenvalue weighted by Gasteiger charge is -2.24. The highest BCUT2D eigenvalue weighted by Crippen LogP contribution is 2.30. The summed E-state index contributed by atoms with van der Waals surface area (Å²) >= 11 is 12.2. The van der Waals surface area contributed by atoms with Crippen LogP contribution < -0.4 is 14.9 Å². The first-order valence-corrected chi connectivity index (χ1v) is 13.1. The highest BCUT2D eigenvalue weighted by atomic mass is 35.5. The normalized spacial score (nSPS) is 11.1. The Morgan fingerprint density at radius 1 is 0.944 bits per heavy atom. The quantitative estimate of drug-likeness (QED) is 0.340. The fraction of sp³-hybridized carbons (Fsp3) is 0.200. The summed E-state index contributed by atoms with van der Waals surface area (Å²) < 4.78 is 32.8. The van der Waals surface area contributed by atoms with E-state index in [1.165, 1.54) is 30.3 Å². The van der Waals surface area contributed by atoms with Gasteiger partial charge in [0.2, 0.25) is 5.91 Å². The van der Waals surface area contributed by atoms with E-state index >= 15 is 0 Å². The van der Waals surface area contributed by atoms with E-state index in [2.05, 4.69) is 10.6 Å². The number of rotatable bonds is 11. The Labute approximate surface area is 220 Å². The molecule has 3 rings (SSSR count). The number of ether oxygens (including phenoxy) is 1. The fourth-order valence-electron chi connectivity index (χ4n) is 3.34. The first-order chi connectivity index (χ1) is 17.2. The lowest BCUT2D eigenvalue weighted by atomic mass is 10.1. The number of para-hydroxylation sites is 1. The number of carbonyl (C=O) groups excluding carboxylic acids is 2. The molecule has 0 aliphatic heterocycles. The van der Waals surface area contributed by atoms with E-state index in [4.69, 9.17) is 27.9 Å². The zero-order valence-electron chi connectivity index (χ0n) is 19.4. The molecule has 0 spiro atoms. The minimum atomic E-state index is -4.15. The largest absolute Gasteiger partial charge is 0.385 e. The van der Waals surface area contributed by atoms with Crippen LogP contribution in [-0.2, 0) is 19.6 Å². The molecule has 2 N–H and O–H groups in total. The van der Waals surface area contributed by atoms with E-state index < -0.39 is 22.5 Å². The summed E-state index contributed by atoms with van der Waals surface area (Å²) in [6.07, 6.45) is 0.630. The van der Waals surface area contributed by atoms with Gasteiger partial charge in [-0.2, -0.15) is 0 Å². The molecule has 36 heavy (non-hydrogen) atoms. The Kier molecular flexibility index (Phi) is 9.72. The fourth-order valence-corrected chi connectivity index (χ4v) is 5.28. The van der Waals surface area contributed by atoms with E-state index in [9.17, 15) is 18.0 Å². The number of nitrogens with one attached hydrogen (secondary N) is 2. The van der Waals surface area contributed by atoms with Crippen LogP contribution in [-0.4, -0.2) is 47.0 Å². The summed E-state index contributed by atoms with van der Waals surface area (Å²) in [5.74, 6) is -1.04. The van der Waals surface area contributed by atoms with Gasteiger partial charge in [0.15, 0.2) is 0 Å². The summed E-state index contributed by atoms with van der Waals surface area (Å²) in [5, 5.41) is 5.84. The Morgan fingerprint density at radius 3 is 2.25 bits per heavy atom. The number of hydrogen-bond donors (Lipinski definition) is 2. The molecule has 0 aromatic heterocycles. The molecule has 0 saturated carbocycles. The van der Waals surface area contributed by atoms with Gasteiger partial charge in [-0.1, -0.05) is 53.5 Å². The first kappa shape index (κ1) is 27.5. The third kappa shape index (κ3) is 7.20. The van der Waals surface area contributed by atoms with Crippen molar-refractivity contribution in [1.82, 2.24) is 5.32 Å². The molecule has 0 fully saturated rings. The van der Waals surface area contributed by atoms with Crippen LogP contribution in [0.1, 0.15) is 16.8 Å². The highest BCUT2D eigenvalue weighted by molar-refractivity contribution is 7.92. The molecule has 0 bridgehead atoms. The number of halogens is 2. The van der Waals surface area contributed by atoms with Gasteiger partial charge in [-0.15, -0.1) is 0 Å². The smallest absolute Gasteiger partial charge is 0.264 e. The average Bonchev–Trinajstić information content (AvgIpc) is 2.85. The van der Waals surface area contributed by atoms with Crippen LogP contribution in [0.2, 0.25) is 10.0 Å². The maximum absolute atomic E-state index is 13.5. The molecule has 2 amide bonds. The van der Waals surface area contributed by atoms with Crippen LogP contribution in [0.3, 0.4) is 0 Å². The Balaban J connectivity index is 1.87. The third-order valence-corrected chi connectivity index (χ3v) is 7.23. The second-order valence-corrected chi connectivity index (χ2v) is 10.4. The minimum Gasteiger partial charge on any atom is -0.385 e. The second kappa shape index (κ2) is 12.7. The van der Waals surface area contributed by atoms with Crippen LogP contribution in [0.15, 0.2) is 77.7 Å². The van der Waals surface area contributed by atoms with Gasteiger partial charge in [0.25, 0.3) is 15.9 Å². The highest BCUT2D eigenvalue weighted by Gasteiger charge is 2.28. The van der Waals surface area contributed by atoms with Gasteiger partial charge < -0.3 is 15.4 Å². The summed E-state index contributed by atoms with van der Waals surface area (Å²) in [6, 6.07) is 18.4. The standard InChI is InChI=1S/C25H25Cl2N3O5S/c1-35-13-7-12-28-25(32)22-10-5-6-11-23(22)29-24(31)17-30(20-15-18(26)14-19(27)16-20)36(33,34)21-8-3-2-4-9-21/h2-6,8-11,14-16H,7,12-13,17H2,1H3,(H,28,32)(H,29,31). The van der Waals surface area contributed by atoms with E-state index in [1.807, 2.05) is 0 Å². The SMILES string of the molecule is COCCCNC(=O)c1ccccc1NC(=O)CN(c1cc(Cl)cc(Cl)c1)S(=O)(=O)c1ccccc1. The maximum atomic E-state index is 13.5. The molecule has 11 heteroatoms. The molecule has 8 nitrogen and oxygen atoms in total.